The molecule has 0 aliphatic heterocycles. The average molecular weight is 311 g/mol. The van der Waals surface area contributed by atoms with Crippen molar-refractivity contribution >= 4 is 28.5 Å². The van der Waals surface area contributed by atoms with Crippen LogP contribution in [-0.2, 0) is 5.75 Å². The molecule has 1 heterocycles. The van der Waals surface area contributed by atoms with Gasteiger partial charge in [-0.05, 0) is 37.6 Å². The van der Waals surface area contributed by atoms with Crippen molar-refractivity contribution in [1.29, 1.82) is 0 Å². The van der Waals surface area contributed by atoms with E-state index in [0.29, 0.717) is 0 Å². The lowest BCUT2D eigenvalue weighted by atomic mass is 10.2. The van der Waals surface area contributed by atoms with Gasteiger partial charge in [0.1, 0.15) is 0 Å². The Morgan fingerprint density at radius 2 is 1.73 bits per heavy atom. The van der Waals surface area contributed by atoms with Crippen LogP contribution in [0.5, 0.6) is 0 Å². The Morgan fingerprint density at radius 3 is 2.50 bits per heavy atom. The van der Waals surface area contributed by atoms with Crippen LogP contribution in [0.3, 0.4) is 0 Å². The minimum absolute atomic E-state index is 0.923. The zero-order valence-electron chi connectivity index (χ0n) is 13.0. The third-order valence-corrected chi connectivity index (χ3v) is 4.75. The second-order valence-electron chi connectivity index (χ2n) is 5.15. The van der Waals surface area contributed by atoms with E-state index < -0.39 is 0 Å². The van der Waals surface area contributed by atoms with Gasteiger partial charge in [0, 0.05) is 24.5 Å². The van der Waals surface area contributed by atoms with Crippen molar-refractivity contribution < 1.29 is 0 Å². The van der Waals surface area contributed by atoms with Crippen molar-refractivity contribution in [3.63, 3.8) is 0 Å². The van der Waals surface area contributed by atoms with Gasteiger partial charge in [-0.15, -0.1) is 0 Å². The van der Waals surface area contributed by atoms with Crippen molar-refractivity contribution in [3.05, 3.63) is 54.1 Å². The van der Waals surface area contributed by atoms with Gasteiger partial charge in [-0.2, -0.15) is 0 Å². The van der Waals surface area contributed by atoms with Crippen molar-refractivity contribution in [2.75, 3.05) is 18.0 Å². The number of rotatable bonds is 6. The minimum atomic E-state index is 0.923. The lowest BCUT2D eigenvalue weighted by Gasteiger charge is -2.23. The molecule has 0 saturated carbocycles. The molecule has 114 valence electrons. The quantitative estimate of drug-likeness (QED) is 0.670. The number of nitrogens with one attached hydrogen (secondary N) is 1. The first kappa shape index (κ1) is 15.0. The highest BCUT2D eigenvalue weighted by Crippen LogP contribution is 2.28. The van der Waals surface area contributed by atoms with Gasteiger partial charge in [0.2, 0.25) is 0 Å². The Balaban J connectivity index is 1.78. The number of aromatic nitrogens is 2. The summed E-state index contributed by atoms with van der Waals surface area (Å²) in [6.07, 6.45) is 0. The van der Waals surface area contributed by atoms with E-state index in [4.69, 9.17) is 0 Å². The van der Waals surface area contributed by atoms with Gasteiger partial charge in [-0.25, -0.2) is 4.98 Å². The number of hydrogen-bond acceptors (Lipinski definition) is 3. The molecule has 0 aliphatic rings. The molecule has 3 rings (SSSR count). The predicted octanol–water partition coefficient (Wildman–Crippen LogP) is 4.70. The Hall–Kier alpha value is -1.94. The Morgan fingerprint density at radius 1 is 1.00 bits per heavy atom. The third kappa shape index (κ3) is 3.12. The number of H-pyrrole nitrogens is 1. The van der Waals surface area contributed by atoms with Crippen LogP contribution in [-0.4, -0.2) is 23.1 Å². The maximum atomic E-state index is 4.64. The zero-order chi connectivity index (χ0) is 15.4. The van der Waals surface area contributed by atoms with Crippen LogP contribution in [0.4, 0.5) is 5.69 Å². The molecule has 3 nitrogen and oxygen atoms in total. The van der Waals surface area contributed by atoms with Crippen LogP contribution in [0.1, 0.15) is 19.4 Å². The summed E-state index contributed by atoms with van der Waals surface area (Å²) in [6.45, 7) is 6.46. The summed E-state index contributed by atoms with van der Waals surface area (Å²) < 4.78 is 0. The van der Waals surface area contributed by atoms with Crippen molar-refractivity contribution in [1.82, 2.24) is 9.97 Å². The number of thioether (sulfide) groups is 1. The van der Waals surface area contributed by atoms with Crippen molar-refractivity contribution in [2.24, 2.45) is 0 Å². The van der Waals surface area contributed by atoms with E-state index in [0.717, 1.165) is 35.0 Å². The second-order valence-corrected chi connectivity index (χ2v) is 6.11. The molecule has 2 aromatic carbocycles. The van der Waals surface area contributed by atoms with E-state index in [2.05, 4.69) is 59.0 Å². The largest absolute Gasteiger partial charge is 0.372 e. The second kappa shape index (κ2) is 6.88. The normalized spacial score (nSPS) is 11.0. The Labute approximate surface area is 135 Å². The van der Waals surface area contributed by atoms with Crippen molar-refractivity contribution in [2.45, 2.75) is 24.8 Å². The average Bonchev–Trinajstić information content (AvgIpc) is 2.98. The number of anilines is 1. The number of para-hydroxylation sites is 3. The fourth-order valence-electron chi connectivity index (χ4n) is 2.65. The maximum Gasteiger partial charge on any atom is 0.166 e. The molecule has 4 heteroatoms. The predicted molar refractivity (Wildman–Crippen MR) is 95.7 cm³/mol. The minimum Gasteiger partial charge on any atom is -0.372 e. The molecule has 0 radical (unpaired) electrons. The topological polar surface area (TPSA) is 31.9 Å². The number of benzene rings is 2. The smallest absolute Gasteiger partial charge is 0.166 e. The van der Waals surface area contributed by atoms with E-state index in [1.807, 2.05) is 18.2 Å². The molecule has 3 aromatic rings. The molecular weight excluding hydrogens is 290 g/mol. The first-order valence-electron chi connectivity index (χ1n) is 7.72. The number of hydrogen-bond donors (Lipinski definition) is 1. The Bertz CT molecular complexity index is 714. The van der Waals surface area contributed by atoms with Crippen LogP contribution >= 0.6 is 11.8 Å². The summed E-state index contributed by atoms with van der Waals surface area (Å²) in [5, 5.41) is 0.982. The van der Waals surface area contributed by atoms with Crippen LogP contribution in [0.15, 0.2) is 53.7 Å². The molecule has 0 atom stereocenters. The highest BCUT2D eigenvalue weighted by Gasteiger charge is 2.09. The molecule has 0 aliphatic carbocycles. The highest BCUT2D eigenvalue weighted by atomic mass is 32.2. The van der Waals surface area contributed by atoms with Crippen LogP contribution in [0.2, 0.25) is 0 Å². The van der Waals surface area contributed by atoms with E-state index in [-0.39, 0.29) is 0 Å². The fourth-order valence-corrected chi connectivity index (χ4v) is 3.53. The van der Waals surface area contributed by atoms with Crippen LogP contribution in [0.25, 0.3) is 11.0 Å². The van der Waals surface area contributed by atoms with E-state index >= 15 is 0 Å². The molecule has 0 fully saturated rings. The monoisotopic (exact) mass is 311 g/mol. The van der Waals surface area contributed by atoms with Gasteiger partial charge in [-0.1, -0.05) is 42.1 Å². The summed E-state index contributed by atoms with van der Waals surface area (Å²) in [7, 11) is 0. The standard InChI is InChI=1S/C18H21N3S/c1-3-21(4-2)17-12-8-5-9-14(17)13-22-18-19-15-10-6-7-11-16(15)20-18/h5-12H,3-4,13H2,1-2H3,(H,19,20). The summed E-state index contributed by atoms with van der Waals surface area (Å²) >= 11 is 1.76. The third-order valence-electron chi connectivity index (χ3n) is 3.83. The van der Waals surface area contributed by atoms with E-state index in [9.17, 15) is 0 Å². The first-order chi connectivity index (χ1) is 10.8. The molecule has 0 bridgehead atoms. The molecule has 0 spiro atoms. The fraction of sp³-hybridized carbons (Fsp3) is 0.278. The number of fused-ring (bicyclic) bond motifs is 1. The van der Waals surface area contributed by atoms with Gasteiger partial charge in [0.25, 0.3) is 0 Å². The molecule has 0 amide bonds. The number of nitrogens with zero attached hydrogens (tertiary/aromatic N) is 2. The number of imidazole rings is 1. The van der Waals surface area contributed by atoms with E-state index in [1.54, 1.807) is 11.8 Å². The molecule has 22 heavy (non-hydrogen) atoms. The van der Waals surface area contributed by atoms with Crippen LogP contribution < -0.4 is 4.90 Å². The van der Waals surface area contributed by atoms with Crippen molar-refractivity contribution in [3.8, 4) is 0 Å². The summed E-state index contributed by atoms with van der Waals surface area (Å²) in [5.74, 6) is 0.923. The zero-order valence-corrected chi connectivity index (χ0v) is 13.9. The SMILES string of the molecule is CCN(CC)c1ccccc1CSc1nc2ccccc2[nH]1. The van der Waals surface area contributed by atoms with E-state index in [1.165, 1.54) is 11.3 Å². The summed E-state index contributed by atoms with van der Waals surface area (Å²) in [4.78, 5) is 10.4. The molecule has 1 N–H and O–H groups in total. The molecule has 0 saturated heterocycles. The number of aromatic amines is 1. The first-order valence-corrected chi connectivity index (χ1v) is 8.70. The Kier molecular flexibility index (Phi) is 4.68. The van der Waals surface area contributed by atoms with Gasteiger partial charge in [0.05, 0.1) is 11.0 Å². The lowest BCUT2D eigenvalue weighted by Crippen LogP contribution is -2.22. The summed E-state index contributed by atoms with van der Waals surface area (Å²) in [6, 6.07) is 16.8. The van der Waals surface area contributed by atoms with Gasteiger partial charge < -0.3 is 9.88 Å². The summed E-state index contributed by atoms with van der Waals surface area (Å²) in [5.41, 5.74) is 4.82. The maximum absolute atomic E-state index is 4.64. The van der Waals surface area contributed by atoms with Gasteiger partial charge in [-0.3, -0.25) is 0 Å². The molecular formula is C18H21N3S. The highest BCUT2D eigenvalue weighted by molar-refractivity contribution is 7.98. The van der Waals surface area contributed by atoms with Gasteiger partial charge >= 0.3 is 0 Å². The van der Waals surface area contributed by atoms with Crippen LogP contribution in [0, 0.1) is 0 Å². The van der Waals surface area contributed by atoms with Gasteiger partial charge in [0.15, 0.2) is 5.16 Å². The molecule has 1 aromatic heterocycles. The molecule has 0 unspecified atom stereocenters. The lowest BCUT2D eigenvalue weighted by molar-refractivity contribution is 0.861.